The van der Waals surface area contributed by atoms with Crippen LogP contribution in [0.15, 0.2) is 42.5 Å². The number of benzene rings is 2. The molecule has 0 aliphatic heterocycles. The van der Waals surface area contributed by atoms with Crippen LogP contribution in [0.1, 0.15) is 6.92 Å². The van der Waals surface area contributed by atoms with Crippen LogP contribution in [-0.4, -0.2) is 18.6 Å². The number of nitro groups is 1. The van der Waals surface area contributed by atoms with Crippen molar-refractivity contribution in [3.63, 3.8) is 0 Å². The molecule has 0 saturated heterocycles. The van der Waals surface area contributed by atoms with Gasteiger partial charge in [0.05, 0.1) is 12.0 Å². The average Bonchev–Trinajstić information content (AvgIpc) is 2.47. The van der Waals surface area contributed by atoms with Gasteiger partial charge in [-0.15, -0.1) is 0 Å². The minimum absolute atomic E-state index is 0.0406. The van der Waals surface area contributed by atoms with E-state index in [9.17, 15) is 10.1 Å². The molecule has 0 saturated carbocycles. The zero-order chi connectivity index (χ0) is 15.2. The van der Waals surface area contributed by atoms with Crippen LogP contribution in [0.3, 0.4) is 0 Å². The summed E-state index contributed by atoms with van der Waals surface area (Å²) >= 11 is 0. The minimum Gasteiger partial charge on any atom is -0.497 e. The van der Waals surface area contributed by atoms with Gasteiger partial charge in [-0.3, -0.25) is 10.1 Å². The lowest BCUT2D eigenvalue weighted by molar-refractivity contribution is -0.384. The summed E-state index contributed by atoms with van der Waals surface area (Å²) in [5.41, 5.74) is 2.20. The van der Waals surface area contributed by atoms with E-state index >= 15 is 0 Å². The third-order valence-corrected chi connectivity index (χ3v) is 2.87. The highest BCUT2D eigenvalue weighted by molar-refractivity contribution is 5.69. The van der Waals surface area contributed by atoms with Crippen LogP contribution in [0.2, 0.25) is 0 Å². The van der Waals surface area contributed by atoms with Crippen LogP contribution in [0.5, 0.6) is 5.75 Å². The normalized spacial score (nSPS) is 10.0. The SMILES string of the molecule is CCNc1cc(Nc2cccc(OC)c2)cc([N+](=O)[O-])c1. The van der Waals surface area contributed by atoms with Gasteiger partial charge in [0, 0.05) is 41.8 Å². The second-order valence-corrected chi connectivity index (χ2v) is 4.41. The van der Waals surface area contributed by atoms with Gasteiger partial charge < -0.3 is 15.4 Å². The quantitative estimate of drug-likeness (QED) is 0.624. The molecule has 0 atom stereocenters. The summed E-state index contributed by atoms with van der Waals surface area (Å²) < 4.78 is 5.16. The molecule has 0 unspecified atom stereocenters. The van der Waals surface area contributed by atoms with E-state index in [1.165, 1.54) is 12.1 Å². The maximum Gasteiger partial charge on any atom is 0.273 e. The van der Waals surface area contributed by atoms with E-state index in [0.717, 1.165) is 11.4 Å². The first-order valence-electron chi connectivity index (χ1n) is 6.57. The van der Waals surface area contributed by atoms with Crippen LogP contribution >= 0.6 is 0 Å². The fourth-order valence-corrected chi connectivity index (χ4v) is 1.96. The molecule has 0 amide bonds. The molecular weight excluding hydrogens is 270 g/mol. The molecule has 21 heavy (non-hydrogen) atoms. The van der Waals surface area contributed by atoms with Crippen molar-refractivity contribution in [3.05, 3.63) is 52.6 Å². The topological polar surface area (TPSA) is 76.4 Å². The minimum atomic E-state index is -0.405. The van der Waals surface area contributed by atoms with Crippen molar-refractivity contribution < 1.29 is 9.66 Å². The van der Waals surface area contributed by atoms with Gasteiger partial charge in [0.1, 0.15) is 5.75 Å². The molecule has 0 heterocycles. The van der Waals surface area contributed by atoms with E-state index in [2.05, 4.69) is 10.6 Å². The fourth-order valence-electron chi connectivity index (χ4n) is 1.96. The highest BCUT2D eigenvalue weighted by Crippen LogP contribution is 2.28. The highest BCUT2D eigenvalue weighted by Gasteiger charge is 2.10. The van der Waals surface area contributed by atoms with E-state index in [4.69, 9.17) is 4.74 Å². The van der Waals surface area contributed by atoms with Crippen LogP contribution in [-0.2, 0) is 0 Å². The zero-order valence-electron chi connectivity index (χ0n) is 11.9. The second kappa shape index (κ2) is 6.60. The van der Waals surface area contributed by atoms with Crippen LogP contribution in [0.25, 0.3) is 0 Å². The summed E-state index contributed by atoms with van der Waals surface area (Å²) in [6.45, 7) is 2.63. The third kappa shape index (κ3) is 3.85. The molecule has 0 aliphatic carbocycles. The number of hydrogen-bond donors (Lipinski definition) is 2. The maximum atomic E-state index is 11.0. The van der Waals surface area contributed by atoms with Crippen molar-refractivity contribution in [1.82, 2.24) is 0 Å². The van der Waals surface area contributed by atoms with Crippen molar-refractivity contribution in [2.24, 2.45) is 0 Å². The van der Waals surface area contributed by atoms with Gasteiger partial charge in [-0.2, -0.15) is 0 Å². The molecule has 110 valence electrons. The molecular formula is C15H17N3O3. The Morgan fingerprint density at radius 2 is 1.90 bits per heavy atom. The van der Waals surface area contributed by atoms with Crippen molar-refractivity contribution in [2.45, 2.75) is 6.92 Å². The first kappa shape index (κ1) is 14.6. The molecule has 2 aromatic carbocycles. The molecule has 0 aromatic heterocycles. The number of ether oxygens (including phenoxy) is 1. The van der Waals surface area contributed by atoms with Crippen molar-refractivity contribution >= 4 is 22.7 Å². The molecule has 0 radical (unpaired) electrons. The number of hydrogen-bond acceptors (Lipinski definition) is 5. The predicted octanol–water partition coefficient (Wildman–Crippen LogP) is 3.78. The molecule has 2 N–H and O–H groups in total. The Bertz CT molecular complexity index is 644. The van der Waals surface area contributed by atoms with Gasteiger partial charge in [-0.25, -0.2) is 0 Å². The van der Waals surface area contributed by atoms with E-state index < -0.39 is 4.92 Å². The lowest BCUT2D eigenvalue weighted by atomic mass is 10.2. The summed E-state index contributed by atoms with van der Waals surface area (Å²) in [4.78, 5) is 10.6. The van der Waals surface area contributed by atoms with Crippen LogP contribution < -0.4 is 15.4 Å². The Balaban J connectivity index is 2.31. The van der Waals surface area contributed by atoms with Gasteiger partial charge in [-0.05, 0) is 25.1 Å². The van der Waals surface area contributed by atoms with E-state index in [1.807, 2.05) is 37.3 Å². The smallest absolute Gasteiger partial charge is 0.273 e. The number of nitro benzene ring substituents is 1. The maximum absolute atomic E-state index is 11.0. The Hall–Kier alpha value is -2.76. The van der Waals surface area contributed by atoms with Gasteiger partial charge >= 0.3 is 0 Å². The lowest BCUT2D eigenvalue weighted by Gasteiger charge is -2.10. The number of anilines is 3. The van der Waals surface area contributed by atoms with E-state index in [0.29, 0.717) is 17.9 Å². The zero-order valence-corrected chi connectivity index (χ0v) is 11.9. The summed E-state index contributed by atoms with van der Waals surface area (Å²) in [6.07, 6.45) is 0. The molecule has 6 nitrogen and oxygen atoms in total. The third-order valence-electron chi connectivity index (χ3n) is 2.87. The Morgan fingerprint density at radius 3 is 2.57 bits per heavy atom. The van der Waals surface area contributed by atoms with Gasteiger partial charge in [0.2, 0.25) is 0 Å². The van der Waals surface area contributed by atoms with E-state index in [1.54, 1.807) is 7.11 Å². The number of methoxy groups -OCH3 is 1. The monoisotopic (exact) mass is 287 g/mol. The summed E-state index contributed by atoms with van der Waals surface area (Å²) in [6, 6.07) is 12.2. The van der Waals surface area contributed by atoms with Crippen molar-refractivity contribution in [1.29, 1.82) is 0 Å². The number of rotatable bonds is 6. The first-order chi connectivity index (χ1) is 10.1. The first-order valence-corrected chi connectivity index (χ1v) is 6.57. The number of non-ortho nitro benzene ring substituents is 1. The Morgan fingerprint density at radius 1 is 1.14 bits per heavy atom. The highest BCUT2D eigenvalue weighted by atomic mass is 16.6. The molecule has 6 heteroatoms. The van der Waals surface area contributed by atoms with Gasteiger partial charge in [0.15, 0.2) is 0 Å². The fraction of sp³-hybridized carbons (Fsp3) is 0.200. The molecule has 0 bridgehead atoms. The van der Waals surface area contributed by atoms with E-state index in [-0.39, 0.29) is 5.69 Å². The molecule has 0 aliphatic rings. The Kier molecular flexibility index (Phi) is 4.61. The molecule has 2 rings (SSSR count). The van der Waals surface area contributed by atoms with Gasteiger partial charge in [0.25, 0.3) is 5.69 Å². The largest absolute Gasteiger partial charge is 0.497 e. The summed E-state index contributed by atoms with van der Waals surface area (Å²) in [5, 5.41) is 17.2. The summed E-state index contributed by atoms with van der Waals surface area (Å²) in [5.74, 6) is 0.720. The molecule has 2 aromatic rings. The van der Waals surface area contributed by atoms with Crippen molar-refractivity contribution in [2.75, 3.05) is 24.3 Å². The van der Waals surface area contributed by atoms with Gasteiger partial charge in [-0.1, -0.05) is 6.07 Å². The second-order valence-electron chi connectivity index (χ2n) is 4.41. The Labute approximate surface area is 122 Å². The van der Waals surface area contributed by atoms with Crippen molar-refractivity contribution in [3.8, 4) is 5.75 Å². The van der Waals surface area contributed by atoms with Crippen LogP contribution in [0, 0.1) is 10.1 Å². The number of nitrogens with one attached hydrogen (secondary N) is 2. The summed E-state index contributed by atoms with van der Waals surface area (Å²) in [7, 11) is 1.59. The average molecular weight is 287 g/mol. The predicted molar refractivity (Wildman–Crippen MR) is 83.5 cm³/mol. The lowest BCUT2D eigenvalue weighted by Crippen LogP contribution is -2.00. The molecule has 0 spiro atoms. The van der Waals surface area contributed by atoms with Crippen LogP contribution in [0.4, 0.5) is 22.7 Å². The number of nitrogens with zero attached hydrogens (tertiary/aromatic N) is 1. The molecule has 0 fully saturated rings. The standard InChI is InChI=1S/C15H17N3O3/c1-3-16-12-7-13(9-14(8-12)18(19)20)17-11-5-4-6-15(10-11)21-2/h4-10,16-17H,3H2,1-2H3.